The number of ether oxygens (including phenoxy) is 2. The fraction of sp³-hybridized carbons (Fsp3) is 0.550. The van der Waals surface area contributed by atoms with Crippen molar-refractivity contribution in [3.05, 3.63) is 35.9 Å². The molecule has 3 atom stereocenters. The number of nitrogens with one attached hydrogen (secondary N) is 2. The monoisotopic (exact) mass is 378 g/mol. The summed E-state index contributed by atoms with van der Waals surface area (Å²) in [5.41, 5.74) is 0.853. The van der Waals surface area contributed by atoms with Crippen LogP contribution in [0.3, 0.4) is 0 Å². The van der Waals surface area contributed by atoms with Gasteiger partial charge >= 0.3 is 12.1 Å². The summed E-state index contributed by atoms with van der Waals surface area (Å²) < 4.78 is 9.94. The van der Waals surface area contributed by atoms with E-state index in [-0.39, 0.29) is 12.5 Å². The molecule has 1 unspecified atom stereocenters. The highest BCUT2D eigenvalue weighted by atomic mass is 16.5. The molecule has 0 aromatic heterocycles. The predicted molar refractivity (Wildman–Crippen MR) is 102 cm³/mol. The van der Waals surface area contributed by atoms with Crippen LogP contribution in [0.2, 0.25) is 0 Å². The van der Waals surface area contributed by atoms with Crippen molar-refractivity contribution in [1.82, 2.24) is 10.6 Å². The smallest absolute Gasteiger partial charge is 0.408 e. The fourth-order valence-electron chi connectivity index (χ4n) is 2.54. The summed E-state index contributed by atoms with van der Waals surface area (Å²) in [5.74, 6) is -1.06. The summed E-state index contributed by atoms with van der Waals surface area (Å²) in [4.78, 5) is 36.6. The van der Waals surface area contributed by atoms with Gasteiger partial charge in [-0.3, -0.25) is 4.79 Å². The summed E-state index contributed by atoms with van der Waals surface area (Å²) in [6.07, 6.45) is 1.17. The van der Waals surface area contributed by atoms with Crippen LogP contribution in [0.25, 0.3) is 0 Å². The van der Waals surface area contributed by atoms with Crippen molar-refractivity contribution in [2.24, 2.45) is 5.92 Å². The molecule has 0 saturated carbocycles. The number of hydrogen-bond acceptors (Lipinski definition) is 5. The maximum absolute atomic E-state index is 12.7. The molecule has 0 aliphatic rings. The first-order valence-corrected chi connectivity index (χ1v) is 9.28. The predicted octanol–water partition coefficient (Wildman–Crippen LogP) is 2.79. The van der Waals surface area contributed by atoms with E-state index in [1.54, 1.807) is 0 Å². The SMILES string of the molecule is CCC[C@H](NC(=O)[C@@H](NC(=O)OCc1ccccc1)C(C)CC)C(=O)OC. The molecule has 7 heteroatoms. The van der Waals surface area contributed by atoms with Gasteiger partial charge in [0.05, 0.1) is 7.11 Å². The summed E-state index contributed by atoms with van der Waals surface area (Å²) in [6, 6.07) is 7.74. The molecule has 0 aliphatic carbocycles. The highest BCUT2D eigenvalue weighted by Crippen LogP contribution is 2.10. The standard InChI is InChI=1S/C20H30N2O5/c1-5-10-16(19(24)26-4)21-18(23)17(14(3)6-2)22-20(25)27-13-15-11-8-7-9-12-15/h7-9,11-12,14,16-17H,5-6,10,13H2,1-4H3,(H,21,23)(H,22,25)/t14?,16-,17-/m0/s1. The summed E-state index contributed by atoms with van der Waals surface area (Å²) in [5, 5.41) is 5.30. The Bertz CT molecular complexity index is 606. The van der Waals surface area contributed by atoms with Crippen LogP contribution in [-0.2, 0) is 25.7 Å². The molecule has 0 spiro atoms. The highest BCUT2D eigenvalue weighted by molar-refractivity contribution is 5.89. The average molecular weight is 378 g/mol. The molecule has 2 N–H and O–H groups in total. The van der Waals surface area contributed by atoms with Crippen molar-refractivity contribution in [1.29, 1.82) is 0 Å². The summed E-state index contributed by atoms with van der Waals surface area (Å²) >= 11 is 0. The van der Waals surface area contributed by atoms with E-state index < -0.39 is 30.1 Å². The van der Waals surface area contributed by atoms with Gasteiger partial charge in [0.2, 0.25) is 5.91 Å². The molecule has 0 bridgehead atoms. The molecular weight excluding hydrogens is 348 g/mol. The molecule has 7 nitrogen and oxygen atoms in total. The van der Waals surface area contributed by atoms with Gasteiger partial charge in [0.15, 0.2) is 0 Å². The van der Waals surface area contributed by atoms with E-state index in [1.807, 2.05) is 51.1 Å². The second-order valence-electron chi connectivity index (χ2n) is 6.44. The molecule has 0 aliphatic heterocycles. The Kier molecular flexibility index (Phi) is 9.93. The second-order valence-corrected chi connectivity index (χ2v) is 6.44. The number of rotatable bonds is 10. The van der Waals surface area contributed by atoms with Crippen molar-refractivity contribution < 1.29 is 23.9 Å². The van der Waals surface area contributed by atoms with Gasteiger partial charge in [-0.25, -0.2) is 9.59 Å². The zero-order valence-electron chi connectivity index (χ0n) is 16.5. The first-order chi connectivity index (χ1) is 12.9. The van der Waals surface area contributed by atoms with E-state index in [9.17, 15) is 14.4 Å². The van der Waals surface area contributed by atoms with E-state index in [0.717, 1.165) is 5.56 Å². The van der Waals surface area contributed by atoms with Gasteiger partial charge in [0.1, 0.15) is 18.7 Å². The third kappa shape index (κ3) is 7.68. The number of carbonyl (C=O) groups excluding carboxylic acids is 3. The van der Waals surface area contributed by atoms with E-state index in [4.69, 9.17) is 9.47 Å². The maximum Gasteiger partial charge on any atom is 0.408 e. The van der Waals surface area contributed by atoms with Crippen LogP contribution in [0.15, 0.2) is 30.3 Å². The van der Waals surface area contributed by atoms with Crippen molar-refractivity contribution >= 4 is 18.0 Å². The fourth-order valence-corrected chi connectivity index (χ4v) is 2.54. The Morgan fingerprint density at radius 2 is 1.74 bits per heavy atom. The third-order valence-electron chi connectivity index (χ3n) is 4.36. The van der Waals surface area contributed by atoms with Crippen LogP contribution < -0.4 is 10.6 Å². The number of methoxy groups -OCH3 is 1. The minimum atomic E-state index is -0.803. The number of esters is 1. The lowest BCUT2D eigenvalue weighted by molar-refractivity contribution is -0.145. The molecule has 0 heterocycles. The van der Waals surface area contributed by atoms with E-state index >= 15 is 0 Å². The Morgan fingerprint density at radius 1 is 1.07 bits per heavy atom. The highest BCUT2D eigenvalue weighted by Gasteiger charge is 2.30. The molecule has 27 heavy (non-hydrogen) atoms. The summed E-state index contributed by atoms with van der Waals surface area (Å²) in [6.45, 7) is 5.80. The number of benzene rings is 1. The van der Waals surface area contributed by atoms with Gasteiger partial charge in [-0.2, -0.15) is 0 Å². The van der Waals surface area contributed by atoms with Crippen LogP contribution in [0, 0.1) is 5.92 Å². The molecular formula is C20H30N2O5. The Balaban J connectivity index is 2.71. The van der Waals surface area contributed by atoms with Crippen LogP contribution in [-0.4, -0.2) is 37.2 Å². The summed E-state index contributed by atoms with van der Waals surface area (Å²) in [7, 11) is 1.28. The Morgan fingerprint density at radius 3 is 2.30 bits per heavy atom. The molecule has 0 radical (unpaired) electrons. The van der Waals surface area contributed by atoms with Crippen molar-refractivity contribution in [2.75, 3.05) is 7.11 Å². The normalized spacial score (nSPS) is 13.8. The Labute approximate surface area is 160 Å². The van der Waals surface area contributed by atoms with E-state index in [0.29, 0.717) is 19.3 Å². The second kappa shape index (κ2) is 11.9. The van der Waals surface area contributed by atoms with Crippen LogP contribution in [0.1, 0.15) is 45.6 Å². The molecule has 150 valence electrons. The molecule has 0 fully saturated rings. The van der Waals surface area contributed by atoms with Gasteiger partial charge in [0.25, 0.3) is 0 Å². The molecule has 2 amide bonds. The average Bonchev–Trinajstić information content (AvgIpc) is 2.69. The number of alkyl carbamates (subject to hydrolysis) is 1. The zero-order valence-corrected chi connectivity index (χ0v) is 16.5. The number of carbonyl (C=O) groups is 3. The van der Waals surface area contributed by atoms with Gasteiger partial charge < -0.3 is 20.1 Å². The molecule has 0 saturated heterocycles. The first kappa shape index (κ1) is 22.5. The Hall–Kier alpha value is -2.57. The third-order valence-corrected chi connectivity index (χ3v) is 4.36. The van der Waals surface area contributed by atoms with Gasteiger partial charge in [-0.15, -0.1) is 0 Å². The van der Waals surface area contributed by atoms with Gasteiger partial charge in [-0.05, 0) is 17.9 Å². The molecule has 1 aromatic carbocycles. The minimum absolute atomic E-state index is 0.113. The first-order valence-electron chi connectivity index (χ1n) is 9.28. The largest absolute Gasteiger partial charge is 0.467 e. The number of amides is 2. The number of hydrogen-bond donors (Lipinski definition) is 2. The van der Waals surface area contributed by atoms with Crippen LogP contribution in [0.4, 0.5) is 4.79 Å². The maximum atomic E-state index is 12.7. The van der Waals surface area contributed by atoms with Crippen molar-refractivity contribution in [3.63, 3.8) is 0 Å². The van der Waals surface area contributed by atoms with Crippen molar-refractivity contribution in [3.8, 4) is 0 Å². The van der Waals surface area contributed by atoms with Crippen LogP contribution in [0.5, 0.6) is 0 Å². The molecule has 1 rings (SSSR count). The van der Waals surface area contributed by atoms with Gasteiger partial charge in [-0.1, -0.05) is 63.9 Å². The lowest BCUT2D eigenvalue weighted by Gasteiger charge is -2.25. The van der Waals surface area contributed by atoms with Crippen molar-refractivity contribution in [2.45, 2.75) is 58.7 Å². The minimum Gasteiger partial charge on any atom is -0.467 e. The van der Waals surface area contributed by atoms with Crippen LogP contribution >= 0.6 is 0 Å². The van der Waals surface area contributed by atoms with Gasteiger partial charge in [0, 0.05) is 0 Å². The zero-order chi connectivity index (χ0) is 20.2. The lowest BCUT2D eigenvalue weighted by atomic mass is 9.98. The topological polar surface area (TPSA) is 93.7 Å². The van der Waals surface area contributed by atoms with E-state index in [2.05, 4.69) is 10.6 Å². The lowest BCUT2D eigenvalue weighted by Crippen LogP contribution is -2.54. The quantitative estimate of drug-likeness (QED) is 0.611. The van der Waals surface area contributed by atoms with E-state index in [1.165, 1.54) is 7.11 Å². The molecule has 1 aromatic rings.